The predicted octanol–water partition coefficient (Wildman–Crippen LogP) is 4.02. The van der Waals surface area contributed by atoms with Crippen molar-refractivity contribution in [1.29, 1.82) is 0 Å². The fourth-order valence-corrected chi connectivity index (χ4v) is 2.68. The van der Waals surface area contributed by atoms with Crippen molar-refractivity contribution >= 4 is 29.1 Å². The van der Waals surface area contributed by atoms with Crippen LogP contribution in [0.1, 0.15) is 24.5 Å². The van der Waals surface area contributed by atoms with Gasteiger partial charge in [-0.05, 0) is 42.1 Å². The molecule has 132 valence electrons. The van der Waals surface area contributed by atoms with Crippen LogP contribution in [-0.4, -0.2) is 21.1 Å². The van der Waals surface area contributed by atoms with Gasteiger partial charge in [0.1, 0.15) is 0 Å². The molecule has 0 radical (unpaired) electrons. The Morgan fingerprint density at radius 2 is 2.08 bits per heavy atom. The second kappa shape index (κ2) is 7.70. The van der Waals surface area contributed by atoms with Crippen molar-refractivity contribution < 1.29 is 18.9 Å². The number of hydrogen-bond donors (Lipinski definition) is 0. The third kappa shape index (κ3) is 4.19. The number of carbonyl (C=O) groups is 1. The molecule has 9 heteroatoms. The van der Waals surface area contributed by atoms with E-state index in [1.54, 1.807) is 6.92 Å². The largest absolute Gasteiger partial charge is 0.449 e. The van der Waals surface area contributed by atoms with Gasteiger partial charge in [0, 0.05) is 18.2 Å². The maximum absolute atomic E-state index is 11.9. The summed E-state index contributed by atoms with van der Waals surface area (Å²) in [6.45, 7) is 1.63. The Morgan fingerprint density at radius 3 is 2.73 bits per heavy atom. The van der Waals surface area contributed by atoms with E-state index in [0.717, 1.165) is 4.88 Å². The third-order valence-corrected chi connectivity index (χ3v) is 4.19. The lowest BCUT2D eigenvalue weighted by molar-refractivity contribution is -0.384. The lowest BCUT2D eigenvalue weighted by atomic mass is 10.2. The molecule has 3 rings (SSSR count). The molecule has 0 saturated heterocycles. The van der Waals surface area contributed by atoms with Crippen molar-refractivity contribution in [3.63, 3.8) is 0 Å². The molecule has 2 aromatic heterocycles. The van der Waals surface area contributed by atoms with E-state index in [1.165, 1.54) is 47.8 Å². The second-order valence-corrected chi connectivity index (χ2v) is 6.13. The number of benzene rings is 1. The zero-order valence-corrected chi connectivity index (χ0v) is 14.4. The molecule has 0 N–H and O–H groups in total. The summed E-state index contributed by atoms with van der Waals surface area (Å²) in [6, 6.07) is 9.52. The van der Waals surface area contributed by atoms with Crippen molar-refractivity contribution in [2.24, 2.45) is 0 Å². The van der Waals surface area contributed by atoms with E-state index in [0.29, 0.717) is 11.5 Å². The highest BCUT2D eigenvalue weighted by Gasteiger charge is 2.18. The highest BCUT2D eigenvalue weighted by molar-refractivity contribution is 7.13. The maximum atomic E-state index is 11.9. The van der Waals surface area contributed by atoms with Crippen molar-refractivity contribution in [3.8, 4) is 10.8 Å². The number of nitro benzene ring substituents is 1. The van der Waals surface area contributed by atoms with Gasteiger partial charge < -0.3 is 9.15 Å². The van der Waals surface area contributed by atoms with Crippen LogP contribution in [0.3, 0.4) is 0 Å². The van der Waals surface area contributed by atoms with E-state index in [9.17, 15) is 14.9 Å². The first-order valence-corrected chi connectivity index (χ1v) is 8.41. The Kier molecular flexibility index (Phi) is 5.18. The molecule has 26 heavy (non-hydrogen) atoms. The molecule has 0 unspecified atom stereocenters. The summed E-state index contributed by atoms with van der Waals surface area (Å²) in [4.78, 5) is 22.9. The number of nitro groups is 1. The first-order chi connectivity index (χ1) is 12.5. The Morgan fingerprint density at radius 1 is 1.31 bits per heavy atom. The van der Waals surface area contributed by atoms with Crippen molar-refractivity contribution in [2.45, 2.75) is 13.0 Å². The highest BCUT2D eigenvalue weighted by Crippen LogP contribution is 2.25. The SMILES string of the molecule is C[C@H](OC(=O)/C=C/c1ccc([N+](=O)[O-])cc1)c1nnc(-c2cccs2)o1. The van der Waals surface area contributed by atoms with Crippen LogP contribution in [0.5, 0.6) is 0 Å². The Hall–Kier alpha value is -3.33. The van der Waals surface area contributed by atoms with Gasteiger partial charge in [0.25, 0.3) is 17.5 Å². The number of rotatable bonds is 6. The van der Waals surface area contributed by atoms with Crippen LogP contribution in [0, 0.1) is 10.1 Å². The van der Waals surface area contributed by atoms with Gasteiger partial charge in [-0.2, -0.15) is 0 Å². The second-order valence-electron chi connectivity index (χ2n) is 5.18. The number of hydrogen-bond acceptors (Lipinski definition) is 8. The summed E-state index contributed by atoms with van der Waals surface area (Å²) in [6.07, 6.45) is 2.03. The number of thiophene rings is 1. The van der Waals surface area contributed by atoms with E-state index in [1.807, 2.05) is 17.5 Å². The van der Waals surface area contributed by atoms with Crippen LogP contribution in [-0.2, 0) is 9.53 Å². The fourth-order valence-electron chi connectivity index (χ4n) is 2.03. The number of ether oxygens (including phenoxy) is 1. The molecule has 1 atom stereocenters. The molecule has 2 heterocycles. The van der Waals surface area contributed by atoms with Crippen molar-refractivity contribution in [2.75, 3.05) is 0 Å². The van der Waals surface area contributed by atoms with Gasteiger partial charge in [0.05, 0.1) is 9.80 Å². The Balaban J connectivity index is 1.59. The van der Waals surface area contributed by atoms with Crippen LogP contribution in [0.4, 0.5) is 5.69 Å². The third-order valence-electron chi connectivity index (χ3n) is 3.33. The highest BCUT2D eigenvalue weighted by atomic mass is 32.1. The minimum atomic E-state index is -0.703. The number of aromatic nitrogens is 2. The Bertz CT molecular complexity index is 932. The molecule has 0 bridgehead atoms. The van der Waals surface area contributed by atoms with Gasteiger partial charge >= 0.3 is 5.97 Å². The molecule has 1 aromatic carbocycles. The van der Waals surface area contributed by atoms with E-state index < -0.39 is 17.0 Å². The van der Waals surface area contributed by atoms with Gasteiger partial charge in [-0.25, -0.2) is 4.79 Å². The molecule has 0 saturated carbocycles. The molecule has 0 spiro atoms. The Labute approximate surface area is 151 Å². The van der Waals surface area contributed by atoms with E-state index in [2.05, 4.69) is 10.2 Å². The van der Waals surface area contributed by atoms with Gasteiger partial charge in [-0.3, -0.25) is 10.1 Å². The van der Waals surface area contributed by atoms with Gasteiger partial charge in [-0.15, -0.1) is 21.5 Å². The van der Waals surface area contributed by atoms with Crippen molar-refractivity contribution in [1.82, 2.24) is 10.2 Å². The van der Waals surface area contributed by atoms with Gasteiger partial charge in [0.15, 0.2) is 6.10 Å². The predicted molar refractivity (Wildman–Crippen MR) is 94.2 cm³/mol. The summed E-state index contributed by atoms with van der Waals surface area (Å²) in [5, 5.41) is 20.3. The van der Waals surface area contributed by atoms with Crippen LogP contribution < -0.4 is 0 Å². The zero-order chi connectivity index (χ0) is 18.5. The minimum Gasteiger partial charge on any atom is -0.449 e. The first kappa shape index (κ1) is 17.5. The molecule has 0 aliphatic carbocycles. The normalized spacial score (nSPS) is 12.2. The summed E-state index contributed by atoms with van der Waals surface area (Å²) >= 11 is 1.47. The quantitative estimate of drug-likeness (QED) is 0.278. The number of carbonyl (C=O) groups excluding carboxylic acids is 1. The molecular formula is C17H13N3O5S. The van der Waals surface area contributed by atoms with Crippen LogP contribution in [0.2, 0.25) is 0 Å². The fraction of sp³-hybridized carbons (Fsp3) is 0.118. The monoisotopic (exact) mass is 371 g/mol. The lowest BCUT2D eigenvalue weighted by Crippen LogP contribution is -2.06. The summed E-state index contributed by atoms with van der Waals surface area (Å²) in [5.41, 5.74) is 0.620. The molecule has 3 aromatic rings. The zero-order valence-electron chi connectivity index (χ0n) is 13.6. The molecule has 0 aliphatic rings. The van der Waals surface area contributed by atoms with Gasteiger partial charge in [0.2, 0.25) is 0 Å². The van der Waals surface area contributed by atoms with Crippen LogP contribution in [0.15, 0.2) is 52.3 Å². The molecular weight excluding hydrogens is 358 g/mol. The first-order valence-electron chi connectivity index (χ1n) is 7.53. The van der Waals surface area contributed by atoms with E-state index in [4.69, 9.17) is 9.15 Å². The number of nitrogens with zero attached hydrogens (tertiary/aromatic N) is 3. The minimum absolute atomic E-state index is 0.0173. The number of esters is 1. The average Bonchev–Trinajstić information content (AvgIpc) is 3.31. The summed E-state index contributed by atoms with van der Waals surface area (Å²) in [7, 11) is 0. The van der Waals surface area contributed by atoms with E-state index >= 15 is 0 Å². The topological polar surface area (TPSA) is 108 Å². The molecule has 0 amide bonds. The smallest absolute Gasteiger partial charge is 0.331 e. The van der Waals surface area contributed by atoms with E-state index in [-0.39, 0.29) is 11.6 Å². The van der Waals surface area contributed by atoms with Crippen LogP contribution in [0.25, 0.3) is 16.8 Å². The average molecular weight is 371 g/mol. The van der Waals surface area contributed by atoms with Crippen molar-refractivity contribution in [3.05, 3.63) is 69.4 Å². The maximum Gasteiger partial charge on any atom is 0.331 e. The molecule has 0 aliphatic heterocycles. The summed E-state index contributed by atoms with van der Waals surface area (Å²) in [5.74, 6) is -0.0171. The number of non-ortho nitro benzene ring substituents is 1. The summed E-state index contributed by atoms with van der Waals surface area (Å²) < 4.78 is 10.7. The molecule has 8 nitrogen and oxygen atoms in total. The van der Waals surface area contributed by atoms with Crippen LogP contribution >= 0.6 is 11.3 Å². The lowest BCUT2D eigenvalue weighted by Gasteiger charge is -2.06. The standard InChI is InChI=1S/C17H13N3O5S/c1-11(16-18-19-17(25-16)14-3-2-10-26-14)24-15(21)9-6-12-4-7-13(8-5-12)20(22)23/h2-11H,1H3/b9-6+/t11-/m0/s1. The van der Waals surface area contributed by atoms with Gasteiger partial charge in [-0.1, -0.05) is 6.07 Å². The molecule has 0 fully saturated rings.